The molecule has 0 aliphatic rings. The van der Waals surface area contributed by atoms with Gasteiger partial charge in [-0.1, -0.05) is 29.3 Å². The van der Waals surface area contributed by atoms with Crippen LogP contribution in [0.25, 0.3) is 16.7 Å². The number of carboxylic acids is 1. The minimum atomic E-state index is -1.12. The fourth-order valence-electron chi connectivity index (χ4n) is 2.20. The first kappa shape index (κ1) is 13.7. The number of carboxylic acid groups (broad SMARTS) is 1. The second kappa shape index (κ2) is 4.95. The molecular weight excluding hydrogens is 315 g/mol. The minimum Gasteiger partial charge on any atom is -0.478 e. The van der Waals surface area contributed by atoms with Gasteiger partial charge < -0.3 is 10.1 Å². The van der Waals surface area contributed by atoms with Crippen molar-refractivity contribution in [2.45, 2.75) is 0 Å². The number of aromatic amines is 1. The lowest BCUT2D eigenvalue weighted by atomic mass is 10.2. The van der Waals surface area contributed by atoms with Crippen LogP contribution in [0, 0.1) is 0 Å². The number of para-hydroxylation sites is 1. The number of hydrogen-bond donors (Lipinski definition) is 2. The van der Waals surface area contributed by atoms with Crippen LogP contribution in [-0.2, 0) is 0 Å². The molecule has 0 atom stereocenters. The number of halogens is 2. The molecule has 0 saturated carbocycles. The molecule has 106 valence electrons. The van der Waals surface area contributed by atoms with Crippen molar-refractivity contribution in [1.29, 1.82) is 0 Å². The molecule has 2 aromatic carbocycles. The second-order valence-corrected chi connectivity index (χ2v) is 5.19. The van der Waals surface area contributed by atoms with Gasteiger partial charge in [0.25, 0.3) is 0 Å². The number of aromatic carboxylic acids is 1. The molecule has 1 heterocycles. The fourth-order valence-corrected chi connectivity index (χ4v) is 2.49. The third-order valence-corrected chi connectivity index (χ3v) is 3.84. The number of benzene rings is 2. The molecule has 2 N–H and O–H groups in total. The monoisotopic (exact) mass is 322 g/mol. The summed E-state index contributed by atoms with van der Waals surface area (Å²) in [6, 6.07) is 9.30. The molecule has 21 heavy (non-hydrogen) atoms. The molecule has 3 rings (SSSR count). The van der Waals surface area contributed by atoms with Crippen molar-refractivity contribution >= 4 is 40.2 Å². The van der Waals surface area contributed by atoms with Crippen LogP contribution in [0.4, 0.5) is 0 Å². The molecule has 0 unspecified atom stereocenters. The topological polar surface area (TPSA) is 75.1 Å². The first-order valence-corrected chi connectivity index (χ1v) is 6.67. The van der Waals surface area contributed by atoms with Gasteiger partial charge in [-0.3, -0.25) is 4.57 Å². The summed E-state index contributed by atoms with van der Waals surface area (Å²) in [6.45, 7) is 0. The molecule has 3 aromatic rings. The first-order valence-electron chi connectivity index (χ1n) is 5.91. The molecular formula is C14H8Cl2N2O3. The van der Waals surface area contributed by atoms with Gasteiger partial charge in [0, 0.05) is 0 Å². The van der Waals surface area contributed by atoms with E-state index >= 15 is 0 Å². The molecule has 0 radical (unpaired) electrons. The lowest BCUT2D eigenvalue weighted by Gasteiger charge is -2.07. The van der Waals surface area contributed by atoms with E-state index in [4.69, 9.17) is 23.2 Å². The van der Waals surface area contributed by atoms with Crippen LogP contribution in [0.15, 0.2) is 41.2 Å². The van der Waals surface area contributed by atoms with Crippen LogP contribution in [-0.4, -0.2) is 20.6 Å². The zero-order valence-corrected chi connectivity index (χ0v) is 11.9. The van der Waals surface area contributed by atoms with Gasteiger partial charge in [0.15, 0.2) is 0 Å². The number of H-pyrrole nitrogens is 1. The Hall–Kier alpha value is -2.24. The Morgan fingerprint density at radius 2 is 1.90 bits per heavy atom. The number of nitrogens with zero attached hydrogens (tertiary/aromatic N) is 1. The zero-order chi connectivity index (χ0) is 15.1. The number of imidazole rings is 1. The van der Waals surface area contributed by atoms with E-state index in [9.17, 15) is 14.7 Å². The molecule has 0 aliphatic carbocycles. The van der Waals surface area contributed by atoms with Crippen molar-refractivity contribution < 1.29 is 9.90 Å². The fraction of sp³-hybridized carbons (Fsp3) is 0. The number of nitrogens with one attached hydrogen (secondary N) is 1. The van der Waals surface area contributed by atoms with Gasteiger partial charge in [-0.15, -0.1) is 0 Å². The average molecular weight is 323 g/mol. The summed E-state index contributed by atoms with van der Waals surface area (Å²) in [5.41, 5.74) is 0.739. The van der Waals surface area contributed by atoms with E-state index in [1.807, 2.05) is 0 Å². The van der Waals surface area contributed by atoms with Crippen LogP contribution >= 0.6 is 23.2 Å². The number of rotatable bonds is 2. The Bertz CT molecular complexity index is 928. The summed E-state index contributed by atoms with van der Waals surface area (Å²) in [4.78, 5) is 26.1. The van der Waals surface area contributed by atoms with Crippen LogP contribution in [0.1, 0.15) is 10.4 Å². The SMILES string of the molecule is O=C(O)c1cccc2[nH]c(=O)n(-c3ccc(Cl)c(Cl)c3)c12. The van der Waals surface area contributed by atoms with Crippen molar-refractivity contribution in [2.75, 3.05) is 0 Å². The van der Waals surface area contributed by atoms with Crippen molar-refractivity contribution in [3.05, 3.63) is 62.5 Å². The van der Waals surface area contributed by atoms with Crippen molar-refractivity contribution in [3.63, 3.8) is 0 Å². The number of aromatic nitrogens is 2. The molecule has 0 bridgehead atoms. The van der Waals surface area contributed by atoms with Crippen molar-refractivity contribution in [3.8, 4) is 5.69 Å². The molecule has 0 spiro atoms. The quantitative estimate of drug-likeness (QED) is 0.759. The smallest absolute Gasteiger partial charge is 0.337 e. The van der Waals surface area contributed by atoms with E-state index in [1.54, 1.807) is 24.3 Å². The van der Waals surface area contributed by atoms with Crippen LogP contribution in [0.2, 0.25) is 10.0 Å². The van der Waals surface area contributed by atoms with Gasteiger partial charge in [-0.25, -0.2) is 9.59 Å². The van der Waals surface area contributed by atoms with Crippen LogP contribution in [0.3, 0.4) is 0 Å². The van der Waals surface area contributed by atoms with Gasteiger partial charge in [-0.2, -0.15) is 0 Å². The summed E-state index contributed by atoms with van der Waals surface area (Å²) in [5.74, 6) is -1.12. The molecule has 1 aromatic heterocycles. The van der Waals surface area contributed by atoms with Gasteiger partial charge >= 0.3 is 11.7 Å². The third-order valence-electron chi connectivity index (χ3n) is 3.10. The first-order chi connectivity index (χ1) is 9.99. The number of carbonyl (C=O) groups is 1. The largest absolute Gasteiger partial charge is 0.478 e. The van der Waals surface area contributed by atoms with Gasteiger partial charge in [0.05, 0.1) is 32.3 Å². The highest BCUT2D eigenvalue weighted by Crippen LogP contribution is 2.26. The van der Waals surface area contributed by atoms with Gasteiger partial charge in [-0.05, 0) is 30.3 Å². The number of fused-ring (bicyclic) bond motifs is 1. The average Bonchev–Trinajstić information content (AvgIpc) is 2.77. The molecule has 0 fully saturated rings. The Morgan fingerprint density at radius 1 is 1.14 bits per heavy atom. The standard InChI is InChI=1S/C14H8Cl2N2O3/c15-9-5-4-7(6-10(9)16)18-12-8(13(19)20)2-1-3-11(12)17-14(18)21/h1-6H,(H,17,21)(H,19,20). The summed E-state index contributed by atoms with van der Waals surface area (Å²) >= 11 is 11.8. The highest BCUT2D eigenvalue weighted by molar-refractivity contribution is 6.42. The second-order valence-electron chi connectivity index (χ2n) is 4.37. The van der Waals surface area contributed by atoms with Crippen molar-refractivity contribution in [2.24, 2.45) is 0 Å². The summed E-state index contributed by atoms with van der Waals surface area (Å²) < 4.78 is 1.26. The maximum atomic E-state index is 12.1. The Labute approximate surface area is 128 Å². The molecule has 0 saturated heterocycles. The van der Waals surface area contributed by atoms with Gasteiger partial charge in [0.2, 0.25) is 0 Å². The van der Waals surface area contributed by atoms with E-state index in [0.29, 0.717) is 16.2 Å². The third kappa shape index (κ3) is 2.20. The molecule has 7 heteroatoms. The molecule has 5 nitrogen and oxygen atoms in total. The Balaban J connectivity index is 2.41. The van der Waals surface area contributed by atoms with E-state index in [1.165, 1.54) is 16.7 Å². The normalized spacial score (nSPS) is 11.0. The van der Waals surface area contributed by atoms with E-state index < -0.39 is 11.7 Å². The Morgan fingerprint density at radius 3 is 2.57 bits per heavy atom. The maximum Gasteiger partial charge on any atom is 0.337 e. The lowest BCUT2D eigenvalue weighted by Crippen LogP contribution is -2.15. The van der Waals surface area contributed by atoms with E-state index in [2.05, 4.69) is 4.98 Å². The van der Waals surface area contributed by atoms with Crippen LogP contribution < -0.4 is 5.69 Å². The van der Waals surface area contributed by atoms with E-state index in [0.717, 1.165) is 0 Å². The van der Waals surface area contributed by atoms with Crippen LogP contribution in [0.5, 0.6) is 0 Å². The summed E-state index contributed by atoms with van der Waals surface area (Å²) in [5, 5.41) is 9.92. The maximum absolute atomic E-state index is 12.1. The zero-order valence-electron chi connectivity index (χ0n) is 10.4. The summed E-state index contributed by atoms with van der Waals surface area (Å²) in [7, 11) is 0. The number of hydrogen-bond acceptors (Lipinski definition) is 2. The van der Waals surface area contributed by atoms with E-state index in [-0.39, 0.29) is 16.1 Å². The predicted molar refractivity (Wildman–Crippen MR) is 80.9 cm³/mol. The predicted octanol–water partition coefficient (Wildman–Crippen LogP) is 3.32. The van der Waals surface area contributed by atoms with Gasteiger partial charge in [0.1, 0.15) is 0 Å². The van der Waals surface area contributed by atoms with Crippen molar-refractivity contribution in [1.82, 2.24) is 9.55 Å². The minimum absolute atomic E-state index is 0.0249. The highest BCUT2D eigenvalue weighted by atomic mass is 35.5. The summed E-state index contributed by atoms with van der Waals surface area (Å²) in [6.07, 6.45) is 0. The Kier molecular flexibility index (Phi) is 3.23. The lowest BCUT2D eigenvalue weighted by molar-refractivity contribution is 0.0698. The molecule has 0 amide bonds. The molecule has 0 aliphatic heterocycles. The highest BCUT2D eigenvalue weighted by Gasteiger charge is 2.17.